The standard InChI is InChI=1S/C21H28N2O2S/c24-20(19-14-16-8-4-5-9-18(16)26-19)22-17-10-12-23(13-11-17)21(25)15-6-2-1-3-7-15/h4-5,8-9,15,17,19H,1-3,6-7,10-14H2,(H,22,24)/t19-/m1/s1. The summed E-state index contributed by atoms with van der Waals surface area (Å²) < 4.78 is 0. The Labute approximate surface area is 160 Å². The number of hydrogen-bond donors (Lipinski definition) is 1. The second-order valence-electron chi connectivity index (χ2n) is 7.86. The lowest BCUT2D eigenvalue weighted by Crippen LogP contribution is -2.49. The minimum atomic E-state index is -0.00528. The first-order valence-corrected chi connectivity index (χ1v) is 10.9. The summed E-state index contributed by atoms with van der Waals surface area (Å²) in [5, 5.41) is 3.23. The number of rotatable bonds is 3. The van der Waals surface area contributed by atoms with E-state index < -0.39 is 0 Å². The number of nitrogens with zero attached hydrogens (tertiary/aromatic N) is 1. The van der Waals surface area contributed by atoms with E-state index >= 15 is 0 Å². The molecule has 0 spiro atoms. The van der Waals surface area contributed by atoms with Crippen LogP contribution in [0.2, 0.25) is 0 Å². The summed E-state index contributed by atoms with van der Waals surface area (Å²) in [6.07, 6.45) is 8.40. The summed E-state index contributed by atoms with van der Waals surface area (Å²) in [6, 6.07) is 8.50. The van der Waals surface area contributed by atoms with Crippen molar-refractivity contribution < 1.29 is 9.59 Å². The van der Waals surface area contributed by atoms with Crippen molar-refractivity contribution in [1.82, 2.24) is 10.2 Å². The van der Waals surface area contributed by atoms with Gasteiger partial charge >= 0.3 is 0 Å². The van der Waals surface area contributed by atoms with Gasteiger partial charge in [-0.05, 0) is 43.7 Å². The summed E-state index contributed by atoms with van der Waals surface area (Å²) in [4.78, 5) is 28.6. The van der Waals surface area contributed by atoms with Gasteiger partial charge < -0.3 is 10.2 Å². The lowest BCUT2D eigenvalue weighted by Gasteiger charge is -2.35. The Balaban J connectivity index is 1.24. The van der Waals surface area contributed by atoms with E-state index in [4.69, 9.17) is 0 Å². The number of likely N-dealkylation sites (tertiary alicyclic amines) is 1. The molecule has 140 valence electrons. The Bertz CT molecular complexity index is 639. The van der Waals surface area contributed by atoms with Gasteiger partial charge in [0.2, 0.25) is 11.8 Å². The fourth-order valence-electron chi connectivity index (χ4n) is 4.47. The van der Waals surface area contributed by atoms with Gasteiger partial charge in [-0.3, -0.25) is 9.59 Å². The van der Waals surface area contributed by atoms with Gasteiger partial charge in [-0.15, -0.1) is 11.8 Å². The molecule has 0 radical (unpaired) electrons. The van der Waals surface area contributed by atoms with Gasteiger partial charge in [0.15, 0.2) is 0 Å². The Morgan fingerprint density at radius 3 is 2.46 bits per heavy atom. The molecule has 2 aliphatic heterocycles. The summed E-state index contributed by atoms with van der Waals surface area (Å²) in [7, 11) is 0. The molecule has 0 bridgehead atoms. The smallest absolute Gasteiger partial charge is 0.234 e. The third-order valence-electron chi connectivity index (χ3n) is 6.05. The summed E-state index contributed by atoms with van der Waals surface area (Å²) in [5.74, 6) is 0.766. The van der Waals surface area contributed by atoms with Crippen LogP contribution >= 0.6 is 11.8 Å². The van der Waals surface area contributed by atoms with Crippen LogP contribution < -0.4 is 5.32 Å². The van der Waals surface area contributed by atoms with E-state index in [-0.39, 0.29) is 23.1 Å². The van der Waals surface area contributed by atoms with Crippen molar-refractivity contribution >= 4 is 23.6 Å². The fraction of sp³-hybridized carbons (Fsp3) is 0.619. The predicted molar refractivity (Wildman–Crippen MR) is 104 cm³/mol. The quantitative estimate of drug-likeness (QED) is 0.885. The van der Waals surface area contributed by atoms with Gasteiger partial charge in [0.25, 0.3) is 0 Å². The van der Waals surface area contributed by atoms with Crippen LogP contribution in [0.5, 0.6) is 0 Å². The van der Waals surface area contributed by atoms with Crippen LogP contribution in [-0.4, -0.2) is 41.1 Å². The lowest BCUT2D eigenvalue weighted by molar-refractivity contribution is -0.137. The number of amides is 2. The van der Waals surface area contributed by atoms with E-state index in [1.54, 1.807) is 11.8 Å². The van der Waals surface area contributed by atoms with Gasteiger partial charge in [-0.1, -0.05) is 37.5 Å². The highest BCUT2D eigenvalue weighted by Gasteiger charge is 2.32. The number of carbonyl (C=O) groups is 2. The normalized spacial score (nSPS) is 24.3. The maximum absolute atomic E-state index is 12.7. The van der Waals surface area contributed by atoms with E-state index in [2.05, 4.69) is 17.4 Å². The zero-order chi connectivity index (χ0) is 17.9. The topological polar surface area (TPSA) is 49.4 Å². The summed E-state index contributed by atoms with van der Waals surface area (Å²) in [5.41, 5.74) is 1.28. The largest absolute Gasteiger partial charge is 0.352 e. The molecule has 0 aromatic heterocycles. The van der Waals surface area contributed by atoms with Crippen molar-refractivity contribution in [1.29, 1.82) is 0 Å². The second-order valence-corrected chi connectivity index (χ2v) is 9.11. The molecule has 4 nitrogen and oxygen atoms in total. The van der Waals surface area contributed by atoms with E-state index in [1.165, 1.54) is 29.7 Å². The Morgan fingerprint density at radius 1 is 1.00 bits per heavy atom. The zero-order valence-electron chi connectivity index (χ0n) is 15.3. The molecule has 5 heteroatoms. The van der Waals surface area contributed by atoms with E-state index in [0.29, 0.717) is 5.91 Å². The number of carbonyl (C=O) groups excluding carboxylic acids is 2. The van der Waals surface area contributed by atoms with Crippen LogP contribution in [0.15, 0.2) is 29.2 Å². The van der Waals surface area contributed by atoms with E-state index in [0.717, 1.165) is 45.2 Å². The van der Waals surface area contributed by atoms with Crippen LogP contribution in [-0.2, 0) is 16.0 Å². The van der Waals surface area contributed by atoms with E-state index in [1.807, 2.05) is 17.0 Å². The van der Waals surface area contributed by atoms with Crippen molar-refractivity contribution in [3.8, 4) is 0 Å². The van der Waals surface area contributed by atoms with Crippen molar-refractivity contribution in [2.45, 2.75) is 67.6 Å². The minimum absolute atomic E-state index is 0.00528. The first-order chi connectivity index (χ1) is 12.7. The monoisotopic (exact) mass is 372 g/mol. The molecule has 1 N–H and O–H groups in total. The molecule has 2 fully saturated rings. The maximum atomic E-state index is 12.7. The van der Waals surface area contributed by atoms with Gasteiger partial charge in [-0.2, -0.15) is 0 Å². The highest BCUT2D eigenvalue weighted by atomic mass is 32.2. The molecule has 1 atom stereocenters. The summed E-state index contributed by atoms with van der Waals surface area (Å²) >= 11 is 1.68. The Hall–Kier alpha value is -1.49. The highest BCUT2D eigenvalue weighted by molar-refractivity contribution is 8.01. The average molecular weight is 373 g/mol. The van der Waals surface area contributed by atoms with Crippen LogP contribution in [0.4, 0.5) is 0 Å². The number of benzene rings is 1. The number of fused-ring (bicyclic) bond motifs is 1. The van der Waals surface area contributed by atoms with Crippen molar-refractivity contribution in [2.24, 2.45) is 5.92 Å². The van der Waals surface area contributed by atoms with Gasteiger partial charge in [-0.25, -0.2) is 0 Å². The Morgan fingerprint density at radius 2 is 1.73 bits per heavy atom. The molecule has 2 heterocycles. The van der Waals surface area contributed by atoms with Gasteiger partial charge in [0, 0.05) is 29.9 Å². The Kier molecular flexibility index (Phi) is 5.53. The third-order valence-corrected chi connectivity index (χ3v) is 7.36. The second kappa shape index (κ2) is 8.03. The SMILES string of the molecule is O=C(NC1CCN(C(=O)C2CCCCC2)CC1)[C@H]1Cc2ccccc2S1. The predicted octanol–water partition coefficient (Wildman–Crippen LogP) is 3.39. The molecule has 1 saturated heterocycles. The van der Waals surface area contributed by atoms with Crippen LogP contribution in [0.25, 0.3) is 0 Å². The van der Waals surface area contributed by atoms with Crippen molar-refractivity contribution in [3.05, 3.63) is 29.8 Å². The van der Waals surface area contributed by atoms with Crippen molar-refractivity contribution in [2.75, 3.05) is 13.1 Å². The molecule has 1 aliphatic carbocycles. The molecule has 1 aromatic rings. The summed E-state index contributed by atoms with van der Waals surface area (Å²) in [6.45, 7) is 1.58. The van der Waals surface area contributed by atoms with E-state index in [9.17, 15) is 9.59 Å². The van der Waals surface area contributed by atoms with Gasteiger partial charge in [0.05, 0.1) is 5.25 Å². The number of nitrogens with one attached hydrogen (secondary N) is 1. The van der Waals surface area contributed by atoms with Crippen LogP contribution in [0.3, 0.4) is 0 Å². The molecule has 26 heavy (non-hydrogen) atoms. The molecule has 0 unspecified atom stereocenters. The fourth-order valence-corrected chi connectivity index (χ4v) is 5.68. The van der Waals surface area contributed by atoms with Crippen molar-refractivity contribution in [3.63, 3.8) is 0 Å². The molecule has 4 rings (SSSR count). The third kappa shape index (κ3) is 3.93. The molecular weight excluding hydrogens is 344 g/mol. The number of piperidine rings is 1. The highest BCUT2D eigenvalue weighted by Crippen LogP contribution is 2.37. The molecular formula is C21H28N2O2S. The van der Waals surface area contributed by atoms with Gasteiger partial charge in [0.1, 0.15) is 0 Å². The average Bonchev–Trinajstić information content (AvgIpc) is 3.13. The molecule has 3 aliphatic rings. The first-order valence-electron chi connectivity index (χ1n) is 10.0. The first kappa shape index (κ1) is 17.9. The van der Waals surface area contributed by atoms with Crippen LogP contribution in [0, 0.1) is 5.92 Å². The maximum Gasteiger partial charge on any atom is 0.234 e. The molecule has 1 saturated carbocycles. The molecule has 1 aromatic carbocycles. The van der Waals surface area contributed by atoms with Crippen LogP contribution in [0.1, 0.15) is 50.5 Å². The number of hydrogen-bond acceptors (Lipinski definition) is 3. The minimum Gasteiger partial charge on any atom is -0.352 e. The zero-order valence-corrected chi connectivity index (χ0v) is 16.1. The number of thioether (sulfide) groups is 1. The molecule has 2 amide bonds. The lowest BCUT2D eigenvalue weighted by atomic mass is 9.87.